The van der Waals surface area contributed by atoms with Crippen molar-refractivity contribution in [1.29, 1.82) is 0 Å². The van der Waals surface area contributed by atoms with E-state index in [1.807, 2.05) is 24.3 Å². The standard InChI is InChI=1S/C23H28BrN7O2S/c1-16(2)29-34(32,33)20-5-3-4-18(14-20)27-22-21(24)15-26-23(28-22)31-12-10-30(11-13-31)19-8-6-17(25)7-9-19/h3-9,14-16,29H,10-13,25H2,1-2H3,(H,26,27,28). The zero-order chi connectivity index (χ0) is 24.3. The van der Waals surface area contributed by atoms with E-state index in [4.69, 9.17) is 10.7 Å². The predicted molar refractivity (Wildman–Crippen MR) is 140 cm³/mol. The van der Waals surface area contributed by atoms with Crippen LogP contribution in [0, 0.1) is 0 Å². The Morgan fingerprint density at radius 3 is 2.38 bits per heavy atom. The van der Waals surface area contributed by atoms with E-state index in [2.05, 4.69) is 40.8 Å². The number of hydrogen-bond acceptors (Lipinski definition) is 8. The molecule has 0 atom stereocenters. The fourth-order valence-electron chi connectivity index (χ4n) is 3.70. The maximum Gasteiger partial charge on any atom is 0.240 e. The Bertz CT molecular complexity index is 1240. The average Bonchev–Trinajstić information content (AvgIpc) is 2.81. The summed E-state index contributed by atoms with van der Waals surface area (Å²) in [5.41, 5.74) is 8.32. The number of rotatable bonds is 7. The summed E-state index contributed by atoms with van der Waals surface area (Å²) in [5.74, 6) is 1.19. The molecule has 0 spiro atoms. The number of nitrogens with two attached hydrogens (primary N) is 1. The molecular formula is C23H28BrN7O2S. The molecule has 180 valence electrons. The zero-order valence-corrected chi connectivity index (χ0v) is 21.5. The minimum Gasteiger partial charge on any atom is -0.399 e. The number of nitrogens with zero attached hydrogens (tertiary/aromatic N) is 4. The highest BCUT2D eigenvalue weighted by molar-refractivity contribution is 9.10. The number of piperazine rings is 1. The summed E-state index contributed by atoms with van der Waals surface area (Å²) in [6.07, 6.45) is 1.71. The first-order chi connectivity index (χ1) is 16.2. The molecule has 3 aromatic rings. The van der Waals surface area contributed by atoms with Crippen LogP contribution in [0.4, 0.5) is 28.8 Å². The topological polar surface area (TPSA) is 116 Å². The third-order valence-corrected chi connectivity index (χ3v) is 7.59. The molecule has 0 aliphatic carbocycles. The number of halogens is 1. The number of nitrogens with one attached hydrogen (secondary N) is 2. The lowest BCUT2D eigenvalue weighted by atomic mass is 10.2. The minimum absolute atomic E-state index is 0.190. The minimum atomic E-state index is -3.59. The van der Waals surface area contributed by atoms with Crippen LogP contribution in [-0.4, -0.2) is 50.6 Å². The molecule has 0 amide bonds. The van der Waals surface area contributed by atoms with Gasteiger partial charge in [-0.15, -0.1) is 0 Å². The molecule has 0 radical (unpaired) electrons. The number of nitrogen functional groups attached to an aromatic ring is 1. The van der Waals surface area contributed by atoms with Crippen molar-refractivity contribution in [3.63, 3.8) is 0 Å². The Balaban J connectivity index is 1.47. The average molecular weight is 546 g/mol. The highest BCUT2D eigenvalue weighted by atomic mass is 79.9. The Morgan fingerprint density at radius 2 is 1.71 bits per heavy atom. The Hall–Kier alpha value is -2.89. The molecule has 2 aromatic carbocycles. The highest BCUT2D eigenvalue weighted by Gasteiger charge is 2.21. The fraction of sp³-hybridized carbons (Fsp3) is 0.304. The van der Waals surface area contributed by atoms with E-state index in [9.17, 15) is 8.42 Å². The van der Waals surface area contributed by atoms with Crippen molar-refractivity contribution in [2.24, 2.45) is 0 Å². The molecule has 1 saturated heterocycles. The Labute approximate surface area is 208 Å². The smallest absolute Gasteiger partial charge is 0.240 e. The number of benzene rings is 2. The summed E-state index contributed by atoms with van der Waals surface area (Å²) in [4.78, 5) is 13.8. The zero-order valence-electron chi connectivity index (χ0n) is 19.1. The largest absolute Gasteiger partial charge is 0.399 e. The summed E-state index contributed by atoms with van der Waals surface area (Å²) in [6.45, 7) is 6.81. The third-order valence-electron chi connectivity index (χ3n) is 5.35. The molecule has 34 heavy (non-hydrogen) atoms. The van der Waals surface area contributed by atoms with E-state index in [0.717, 1.165) is 37.6 Å². The van der Waals surface area contributed by atoms with Crippen molar-refractivity contribution in [2.45, 2.75) is 24.8 Å². The second-order valence-electron chi connectivity index (χ2n) is 8.36. The van der Waals surface area contributed by atoms with Crippen molar-refractivity contribution in [1.82, 2.24) is 14.7 Å². The third kappa shape index (κ3) is 5.78. The lowest BCUT2D eigenvalue weighted by Crippen LogP contribution is -2.47. The quantitative estimate of drug-likeness (QED) is 0.385. The van der Waals surface area contributed by atoms with E-state index < -0.39 is 10.0 Å². The lowest BCUT2D eigenvalue weighted by Gasteiger charge is -2.36. The molecular weight excluding hydrogens is 518 g/mol. The Morgan fingerprint density at radius 1 is 1.03 bits per heavy atom. The van der Waals surface area contributed by atoms with Gasteiger partial charge in [0, 0.05) is 55.5 Å². The molecule has 1 fully saturated rings. The number of aromatic nitrogens is 2. The highest BCUT2D eigenvalue weighted by Crippen LogP contribution is 2.27. The van der Waals surface area contributed by atoms with Crippen LogP contribution in [0.1, 0.15) is 13.8 Å². The second kappa shape index (κ2) is 10.2. The normalized spacial score (nSPS) is 14.5. The van der Waals surface area contributed by atoms with Crippen molar-refractivity contribution < 1.29 is 8.42 Å². The molecule has 11 heteroatoms. The van der Waals surface area contributed by atoms with Crippen molar-refractivity contribution in [3.05, 3.63) is 59.2 Å². The van der Waals surface area contributed by atoms with Crippen LogP contribution in [0.2, 0.25) is 0 Å². The molecule has 1 aromatic heterocycles. The van der Waals surface area contributed by atoms with Crippen LogP contribution in [0.15, 0.2) is 64.1 Å². The van der Waals surface area contributed by atoms with E-state index in [1.165, 1.54) is 0 Å². The van der Waals surface area contributed by atoms with Crippen LogP contribution in [0.25, 0.3) is 0 Å². The summed E-state index contributed by atoms with van der Waals surface area (Å²) in [7, 11) is -3.59. The van der Waals surface area contributed by atoms with Gasteiger partial charge in [0.05, 0.1) is 9.37 Å². The molecule has 9 nitrogen and oxygen atoms in total. The molecule has 1 aliphatic heterocycles. The van der Waals surface area contributed by atoms with Crippen LogP contribution in [-0.2, 0) is 10.0 Å². The van der Waals surface area contributed by atoms with Gasteiger partial charge < -0.3 is 20.9 Å². The monoisotopic (exact) mass is 545 g/mol. The van der Waals surface area contributed by atoms with E-state index in [1.54, 1.807) is 44.3 Å². The molecule has 4 N–H and O–H groups in total. The Kier molecular flexibility index (Phi) is 7.24. The number of sulfonamides is 1. The summed E-state index contributed by atoms with van der Waals surface area (Å²) >= 11 is 3.49. The van der Waals surface area contributed by atoms with Crippen LogP contribution >= 0.6 is 15.9 Å². The van der Waals surface area contributed by atoms with E-state index in [-0.39, 0.29) is 10.9 Å². The number of anilines is 5. The maximum atomic E-state index is 12.5. The summed E-state index contributed by atoms with van der Waals surface area (Å²) < 4.78 is 28.3. The van der Waals surface area contributed by atoms with Gasteiger partial charge in [0.1, 0.15) is 5.82 Å². The van der Waals surface area contributed by atoms with E-state index >= 15 is 0 Å². The molecule has 1 aliphatic rings. The van der Waals surface area contributed by atoms with Gasteiger partial charge in [-0.25, -0.2) is 18.1 Å². The van der Waals surface area contributed by atoms with Gasteiger partial charge in [0.15, 0.2) is 0 Å². The SMILES string of the molecule is CC(C)NS(=O)(=O)c1cccc(Nc2nc(N3CCN(c4ccc(N)cc4)CC3)ncc2Br)c1. The predicted octanol–water partition coefficient (Wildman–Crippen LogP) is 3.58. The van der Waals surface area contributed by atoms with Crippen molar-refractivity contribution >= 4 is 54.8 Å². The lowest BCUT2D eigenvalue weighted by molar-refractivity contribution is 0.570. The molecule has 2 heterocycles. The van der Waals surface area contributed by atoms with Gasteiger partial charge in [-0.3, -0.25) is 0 Å². The molecule has 0 unspecified atom stereocenters. The fourth-order valence-corrected chi connectivity index (χ4v) is 5.29. The molecule has 4 rings (SSSR count). The molecule has 0 bridgehead atoms. The van der Waals surface area contributed by atoms with Gasteiger partial charge in [-0.1, -0.05) is 6.07 Å². The van der Waals surface area contributed by atoms with E-state index in [0.29, 0.717) is 21.9 Å². The van der Waals surface area contributed by atoms with Gasteiger partial charge in [-0.2, -0.15) is 4.98 Å². The first kappa shape index (κ1) is 24.2. The van der Waals surface area contributed by atoms with Crippen molar-refractivity contribution in [3.8, 4) is 0 Å². The van der Waals surface area contributed by atoms with Gasteiger partial charge in [0.2, 0.25) is 16.0 Å². The van der Waals surface area contributed by atoms with Gasteiger partial charge >= 0.3 is 0 Å². The van der Waals surface area contributed by atoms with Crippen molar-refractivity contribution in [2.75, 3.05) is 47.0 Å². The van der Waals surface area contributed by atoms with Crippen LogP contribution < -0.4 is 25.6 Å². The number of hydrogen-bond donors (Lipinski definition) is 3. The first-order valence-electron chi connectivity index (χ1n) is 11.0. The maximum absolute atomic E-state index is 12.5. The van der Waals surface area contributed by atoms with Crippen LogP contribution in [0.3, 0.4) is 0 Å². The summed E-state index contributed by atoms with van der Waals surface area (Å²) in [5, 5.41) is 3.22. The first-order valence-corrected chi connectivity index (χ1v) is 13.3. The summed E-state index contributed by atoms with van der Waals surface area (Å²) in [6, 6.07) is 14.4. The molecule has 0 saturated carbocycles. The van der Waals surface area contributed by atoms with Crippen LogP contribution in [0.5, 0.6) is 0 Å². The van der Waals surface area contributed by atoms with Gasteiger partial charge in [-0.05, 0) is 72.2 Å². The second-order valence-corrected chi connectivity index (χ2v) is 10.9. The van der Waals surface area contributed by atoms with Gasteiger partial charge in [0.25, 0.3) is 0 Å².